The number of amides is 2. The highest BCUT2D eigenvalue weighted by atomic mass is 32.1. The van der Waals surface area contributed by atoms with Gasteiger partial charge >= 0.3 is 0 Å². The molecule has 0 radical (unpaired) electrons. The van der Waals surface area contributed by atoms with Crippen molar-refractivity contribution in [1.29, 1.82) is 0 Å². The van der Waals surface area contributed by atoms with Crippen LogP contribution in [0.1, 0.15) is 43.8 Å². The van der Waals surface area contributed by atoms with Crippen LogP contribution in [0.4, 0.5) is 10.8 Å². The monoisotopic (exact) mass is 492 g/mol. The van der Waals surface area contributed by atoms with Crippen LogP contribution in [-0.2, 0) is 19.5 Å². The number of aromatic nitrogens is 1. The molecule has 2 heterocycles. The maximum absolute atomic E-state index is 12.8. The molecule has 2 amide bonds. The van der Waals surface area contributed by atoms with Crippen LogP contribution >= 0.6 is 11.3 Å². The first-order valence-corrected chi connectivity index (χ1v) is 11.9. The number of anilines is 2. The summed E-state index contributed by atoms with van der Waals surface area (Å²) in [7, 11) is 2.08. The van der Waals surface area contributed by atoms with Gasteiger partial charge in [-0.15, -0.1) is 11.3 Å². The zero-order valence-corrected chi connectivity index (χ0v) is 20.4. The van der Waals surface area contributed by atoms with E-state index in [9.17, 15) is 9.59 Å². The number of carbonyl (C=O) groups excluding carboxylic acids is 2. The van der Waals surface area contributed by atoms with E-state index in [1.165, 1.54) is 21.2 Å². The number of hydrazine groups is 1. The van der Waals surface area contributed by atoms with Gasteiger partial charge in [0.05, 0.1) is 11.4 Å². The third-order valence-electron chi connectivity index (χ3n) is 5.73. The van der Waals surface area contributed by atoms with Crippen molar-refractivity contribution >= 4 is 39.8 Å². The highest BCUT2D eigenvalue weighted by Crippen LogP contribution is 2.28. The van der Waals surface area contributed by atoms with Crippen LogP contribution in [0.3, 0.4) is 0 Å². The lowest BCUT2D eigenvalue weighted by atomic mass is 10.1. The maximum Gasteiger partial charge on any atom is 0.257 e. The Morgan fingerprint density at radius 2 is 1.94 bits per heavy atom. The summed E-state index contributed by atoms with van der Waals surface area (Å²) in [4.78, 5) is 33.4. The number of nitrogens with zero attached hydrogens (tertiary/aromatic N) is 4. The van der Waals surface area contributed by atoms with E-state index in [1.807, 2.05) is 6.07 Å². The standard InChI is InChI=1S/C24H28N8O2S/c1-15(30-25)32(26)19-8-6-17(7-9-19)22(33)27-13-16-4-3-5-18(12-16)23(34)29-24-28-20-10-11-31(2)14-21(20)35-24/h3-9,12H,10-11,13-14,25-26H2,1-2H3,(H,27,33)(H,28,29,34)/b30-15-. The molecule has 1 aliphatic rings. The first-order valence-electron chi connectivity index (χ1n) is 11.1. The molecular formula is C24H28N8O2S. The summed E-state index contributed by atoms with van der Waals surface area (Å²) in [6.07, 6.45) is 0.891. The van der Waals surface area contributed by atoms with Gasteiger partial charge in [0.15, 0.2) is 5.13 Å². The number of thiazole rings is 1. The summed E-state index contributed by atoms with van der Waals surface area (Å²) in [5.41, 5.74) is 3.52. The van der Waals surface area contributed by atoms with E-state index >= 15 is 0 Å². The summed E-state index contributed by atoms with van der Waals surface area (Å²) in [6.45, 7) is 3.78. The fourth-order valence-electron chi connectivity index (χ4n) is 3.68. The minimum absolute atomic E-state index is 0.226. The molecule has 2 aromatic carbocycles. The van der Waals surface area contributed by atoms with Crippen molar-refractivity contribution in [2.24, 2.45) is 16.8 Å². The van der Waals surface area contributed by atoms with Gasteiger partial charge in [-0.05, 0) is 55.9 Å². The number of fused-ring (bicyclic) bond motifs is 1. The van der Waals surface area contributed by atoms with Crippen molar-refractivity contribution in [3.8, 4) is 0 Å². The van der Waals surface area contributed by atoms with Crippen LogP contribution in [-0.4, -0.2) is 41.1 Å². The minimum atomic E-state index is -0.238. The topological polar surface area (TPSA) is 142 Å². The normalized spacial score (nSPS) is 13.7. The Hall–Kier alpha value is -3.80. The highest BCUT2D eigenvalue weighted by Gasteiger charge is 2.19. The number of rotatable bonds is 6. The largest absolute Gasteiger partial charge is 0.348 e. The van der Waals surface area contributed by atoms with Gasteiger partial charge in [-0.1, -0.05) is 12.1 Å². The van der Waals surface area contributed by atoms with Crippen molar-refractivity contribution in [2.75, 3.05) is 23.9 Å². The Kier molecular flexibility index (Phi) is 7.39. The molecular weight excluding hydrogens is 464 g/mol. The summed E-state index contributed by atoms with van der Waals surface area (Å²) < 4.78 is 0. The van der Waals surface area contributed by atoms with Crippen LogP contribution in [0.25, 0.3) is 0 Å². The van der Waals surface area contributed by atoms with Gasteiger partial charge in [0.1, 0.15) is 5.84 Å². The fourth-order valence-corrected chi connectivity index (χ4v) is 4.76. The fraction of sp³-hybridized carbons (Fsp3) is 0.250. The number of hydrogen-bond acceptors (Lipinski definition) is 8. The Morgan fingerprint density at radius 3 is 2.69 bits per heavy atom. The van der Waals surface area contributed by atoms with E-state index in [4.69, 9.17) is 11.7 Å². The quantitative estimate of drug-likeness (QED) is 0.179. The zero-order chi connectivity index (χ0) is 24.9. The molecule has 0 unspecified atom stereocenters. The van der Waals surface area contributed by atoms with Crippen molar-refractivity contribution in [3.63, 3.8) is 0 Å². The first kappa shape index (κ1) is 24.3. The molecule has 0 saturated heterocycles. The molecule has 0 fully saturated rings. The Labute approximate surface area is 207 Å². The number of nitrogens with one attached hydrogen (secondary N) is 2. The second kappa shape index (κ2) is 10.6. The molecule has 0 bridgehead atoms. The molecule has 0 aliphatic carbocycles. The van der Waals surface area contributed by atoms with Crippen molar-refractivity contribution in [2.45, 2.75) is 26.4 Å². The second-order valence-corrected chi connectivity index (χ2v) is 9.39. The molecule has 3 aromatic rings. The molecule has 0 spiro atoms. The van der Waals surface area contributed by atoms with Gasteiger partial charge in [-0.25, -0.2) is 10.8 Å². The van der Waals surface area contributed by atoms with Gasteiger partial charge in [0.2, 0.25) is 0 Å². The lowest BCUT2D eigenvalue weighted by Crippen LogP contribution is -2.36. The molecule has 4 rings (SSSR count). The molecule has 10 nitrogen and oxygen atoms in total. The predicted molar refractivity (Wildman–Crippen MR) is 138 cm³/mol. The highest BCUT2D eigenvalue weighted by molar-refractivity contribution is 7.15. The van der Waals surface area contributed by atoms with Gasteiger partial charge in [-0.2, -0.15) is 5.10 Å². The van der Waals surface area contributed by atoms with Gasteiger partial charge in [0, 0.05) is 42.1 Å². The Balaban J connectivity index is 1.35. The van der Waals surface area contributed by atoms with E-state index < -0.39 is 0 Å². The van der Waals surface area contributed by atoms with E-state index in [2.05, 4.69) is 32.7 Å². The van der Waals surface area contributed by atoms with Crippen molar-refractivity contribution in [3.05, 3.63) is 75.8 Å². The first-order chi connectivity index (χ1) is 16.8. The van der Waals surface area contributed by atoms with Crippen LogP contribution in [0, 0.1) is 0 Å². The number of hydrazone groups is 1. The third-order valence-corrected chi connectivity index (χ3v) is 6.73. The van der Waals surface area contributed by atoms with E-state index in [0.29, 0.717) is 27.8 Å². The molecule has 182 valence electrons. The molecule has 1 aliphatic heterocycles. The molecule has 6 N–H and O–H groups in total. The van der Waals surface area contributed by atoms with Gasteiger partial charge in [-0.3, -0.25) is 19.9 Å². The maximum atomic E-state index is 12.8. The van der Waals surface area contributed by atoms with Crippen LogP contribution in [0.5, 0.6) is 0 Å². The summed E-state index contributed by atoms with van der Waals surface area (Å²) in [5.74, 6) is 11.1. The lowest BCUT2D eigenvalue weighted by Gasteiger charge is -2.20. The Bertz CT molecular complexity index is 1250. The Morgan fingerprint density at radius 1 is 1.17 bits per heavy atom. The molecule has 35 heavy (non-hydrogen) atoms. The predicted octanol–water partition coefficient (Wildman–Crippen LogP) is 2.29. The number of nitrogens with two attached hydrogens (primary N) is 2. The molecule has 11 heteroatoms. The number of benzene rings is 2. The van der Waals surface area contributed by atoms with Crippen LogP contribution in [0.2, 0.25) is 0 Å². The van der Waals surface area contributed by atoms with E-state index in [1.54, 1.807) is 49.4 Å². The summed E-state index contributed by atoms with van der Waals surface area (Å²) in [5, 5.41) is 11.3. The number of likely N-dealkylation sites (N-methyl/N-ethyl adjacent to an activating group) is 1. The van der Waals surface area contributed by atoms with Crippen molar-refractivity contribution < 1.29 is 9.59 Å². The number of carbonyl (C=O) groups is 2. The smallest absolute Gasteiger partial charge is 0.257 e. The zero-order valence-electron chi connectivity index (χ0n) is 19.6. The SMILES string of the molecule is C/C(=N/N)N(N)c1ccc(C(=O)NCc2cccc(C(=O)Nc3nc4c(s3)CN(C)CC4)c2)cc1. The average molecular weight is 493 g/mol. The number of amidine groups is 1. The summed E-state index contributed by atoms with van der Waals surface area (Å²) >= 11 is 1.52. The van der Waals surface area contributed by atoms with Crippen LogP contribution in [0.15, 0.2) is 53.6 Å². The van der Waals surface area contributed by atoms with E-state index in [0.717, 1.165) is 30.8 Å². The van der Waals surface area contributed by atoms with Gasteiger partial charge in [0.25, 0.3) is 11.8 Å². The minimum Gasteiger partial charge on any atom is -0.348 e. The van der Waals surface area contributed by atoms with Gasteiger partial charge < -0.3 is 16.1 Å². The van der Waals surface area contributed by atoms with E-state index in [-0.39, 0.29) is 18.4 Å². The third kappa shape index (κ3) is 5.83. The van der Waals surface area contributed by atoms with Crippen LogP contribution < -0.4 is 27.3 Å². The lowest BCUT2D eigenvalue weighted by molar-refractivity contribution is 0.0950. The molecule has 1 aromatic heterocycles. The average Bonchev–Trinajstić information content (AvgIpc) is 3.27. The van der Waals surface area contributed by atoms with Crippen molar-refractivity contribution in [1.82, 2.24) is 15.2 Å². The molecule has 0 atom stereocenters. The molecule has 0 saturated carbocycles. The second-order valence-electron chi connectivity index (χ2n) is 8.31. The summed E-state index contributed by atoms with van der Waals surface area (Å²) in [6, 6.07) is 13.9. The number of hydrogen-bond donors (Lipinski definition) is 4.